The Hall–Kier alpha value is -1.19. The van der Waals surface area contributed by atoms with Crippen molar-refractivity contribution in [2.75, 3.05) is 0 Å². The molecule has 0 heterocycles. The van der Waals surface area contributed by atoms with Gasteiger partial charge in [-0.2, -0.15) is 0 Å². The normalized spacial score (nSPS) is 14.0. The first-order valence-electron chi connectivity index (χ1n) is 6.78. The molecule has 106 valence electrons. The molecule has 0 aliphatic carbocycles. The molecule has 3 heteroatoms. The largest absolute Gasteiger partial charge is 0.392 e. The Kier molecular flexibility index (Phi) is 5.32. The molecule has 0 aromatic heterocycles. The molecule has 2 aromatic rings. The molecular formula is C17H18BrFO. The summed E-state index contributed by atoms with van der Waals surface area (Å²) in [5.41, 5.74) is 2.07. The maximum atomic E-state index is 13.2. The summed E-state index contributed by atoms with van der Waals surface area (Å²) >= 11 is 3.18. The van der Waals surface area contributed by atoms with Crippen LogP contribution in [0.3, 0.4) is 0 Å². The fourth-order valence-electron chi connectivity index (χ4n) is 2.48. The van der Waals surface area contributed by atoms with E-state index in [1.807, 2.05) is 30.3 Å². The molecule has 2 aromatic carbocycles. The van der Waals surface area contributed by atoms with Crippen LogP contribution in [0, 0.1) is 5.82 Å². The maximum absolute atomic E-state index is 13.2. The van der Waals surface area contributed by atoms with E-state index in [9.17, 15) is 9.50 Å². The van der Waals surface area contributed by atoms with Crippen LogP contribution in [0.1, 0.15) is 30.4 Å². The van der Waals surface area contributed by atoms with E-state index in [2.05, 4.69) is 22.9 Å². The fraction of sp³-hybridized carbons (Fsp3) is 0.294. The van der Waals surface area contributed by atoms with Crippen LogP contribution in [0.25, 0.3) is 0 Å². The monoisotopic (exact) mass is 336 g/mol. The molecule has 1 nitrogen and oxygen atoms in total. The van der Waals surface area contributed by atoms with E-state index in [0.29, 0.717) is 10.9 Å². The van der Waals surface area contributed by atoms with Gasteiger partial charge in [0.25, 0.3) is 0 Å². The van der Waals surface area contributed by atoms with Crippen LogP contribution in [0.5, 0.6) is 0 Å². The lowest BCUT2D eigenvalue weighted by Gasteiger charge is -2.22. The van der Waals surface area contributed by atoms with Crippen molar-refractivity contribution in [3.63, 3.8) is 0 Å². The molecule has 0 saturated carbocycles. The van der Waals surface area contributed by atoms with Gasteiger partial charge in [-0.05, 0) is 52.0 Å². The highest BCUT2D eigenvalue weighted by molar-refractivity contribution is 9.10. The summed E-state index contributed by atoms with van der Waals surface area (Å²) in [5.74, 6) is -0.182. The van der Waals surface area contributed by atoms with E-state index in [1.54, 1.807) is 12.1 Å². The number of hydrogen-bond acceptors (Lipinski definition) is 1. The van der Waals surface area contributed by atoms with Gasteiger partial charge in [-0.25, -0.2) is 4.39 Å². The molecule has 0 aliphatic rings. The second-order valence-electron chi connectivity index (χ2n) is 4.95. The van der Waals surface area contributed by atoms with E-state index >= 15 is 0 Å². The molecule has 1 N–H and O–H groups in total. The van der Waals surface area contributed by atoms with Gasteiger partial charge in [-0.1, -0.05) is 43.3 Å². The molecule has 2 rings (SSSR count). The van der Waals surface area contributed by atoms with Crippen molar-refractivity contribution in [3.8, 4) is 0 Å². The Labute approximate surface area is 127 Å². The van der Waals surface area contributed by atoms with Gasteiger partial charge in [0, 0.05) is 5.92 Å². The highest BCUT2D eigenvalue weighted by atomic mass is 79.9. The van der Waals surface area contributed by atoms with Crippen LogP contribution in [-0.2, 0) is 6.42 Å². The smallest absolute Gasteiger partial charge is 0.137 e. The van der Waals surface area contributed by atoms with Crippen LogP contribution in [0.15, 0.2) is 53.0 Å². The van der Waals surface area contributed by atoms with Gasteiger partial charge in [0.05, 0.1) is 10.6 Å². The Balaban J connectivity index is 2.13. The summed E-state index contributed by atoms with van der Waals surface area (Å²) in [6.45, 7) is 2.07. The lowest BCUT2D eigenvalue weighted by molar-refractivity contribution is 0.141. The Morgan fingerprint density at radius 3 is 2.45 bits per heavy atom. The average Bonchev–Trinajstić information content (AvgIpc) is 2.45. The van der Waals surface area contributed by atoms with Crippen LogP contribution in [0.2, 0.25) is 0 Å². The van der Waals surface area contributed by atoms with Crippen LogP contribution >= 0.6 is 15.9 Å². The first-order valence-corrected chi connectivity index (χ1v) is 7.58. The van der Waals surface area contributed by atoms with Crippen molar-refractivity contribution < 1.29 is 9.50 Å². The summed E-state index contributed by atoms with van der Waals surface area (Å²) in [6, 6.07) is 14.9. The van der Waals surface area contributed by atoms with Gasteiger partial charge in [-0.3, -0.25) is 0 Å². The third kappa shape index (κ3) is 3.68. The second kappa shape index (κ2) is 7.00. The highest BCUT2D eigenvalue weighted by Gasteiger charge is 2.19. The number of halogens is 2. The van der Waals surface area contributed by atoms with Crippen LogP contribution in [0.4, 0.5) is 4.39 Å². The SMILES string of the molecule is CCC(c1ccccc1)C(O)Cc1ccc(F)c(Br)c1. The predicted molar refractivity (Wildman–Crippen MR) is 83.3 cm³/mol. The van der Waals surface area contributed by atoms with Gasteiger partial charge in [-0.15, -0.1) is 0 Å². The minimum Gasteiger partial charge on any atom is -0.392 e. The van der Waals surface area contributed by atoms with Gasteiger partial charge in [0.15, 0.2) is 0 Å². The number of aliphatic hydroxyl groups is 1. The topological polar surface area (TPSA) is 20.2 Å². The molecule has 0 spiro atoms. The minimum atomic E-state index is -0.472. The average molecular weight is 337 g/mol. The zero-order valence-corrected chi connectivity index (χ0v) is 13.0. The Bertz CT molecular complexity index is 556. The van der Waals surface area contributed by atoms with E-state index in [1.165, 1.54) is 6.07 Å². The molecule has 0 bridgehead atoms. The summed E-state index contributed by atoms with van der Waals surface area (Å²) in [5, 5.41) is 10.5. The van der Waals surface area contributed by atoms with Crippen LogP contribution in [-0.4, -0.2) is 11.2 Å². The number of rotatable bonds is 5. The van der Waals surface area contributed by atoms with Gasteiger partial charge in [0.2, 0.25) is 0 Å². The van der Waals surface area contributed by atoms with Crippen molar-refractivity contribution in [2.24, 2.45) is 0 Å². The Morgan fingerprint density at radius 1 is 1.15 bits per heavy atom. The molecule has 20 heavy (non-hydrogen) atoms. The third-order valence-electron chi connectivity index (χ3n) is 3.56. The number of hydrogen-bond donors (Lipinski definition) is 1. The molecule has 0 saturated heterocycles. The van der Waals surface area contributed by atoms with Gasteiger partial charge in [0.1, 0.15) is 5.82 Å². The second-order valence-corrected chi connectivity index (χ2v) is 5.80. The first-order chi connectivity index (χ1) is 9.61. The molecule has 0 aliphatic heterocycles. The minimum absolute atomic E-state index is 0.0972. The Morgan fingerprint density at radius 2 is 1.85 bits per heavy atom. The lowest BCUT2D eigenvalue weighted by atomic mass is 9.88. The van der Waals surface area contributed by atoms with E-state index in [4.69, 9.17) is 0 Å². The zero-order chi connectivity index (χ0) is 14.5. The van der Waals surface area contributed by atoms with Crippen molar-refractivity contribution in [1.82, 2.24) is 0 Å². The number of aliphatic hydroxyl groups excluding tert-OH is 1. The lowest BCUT2D eigenvalue weighted by Crippen LogP contribution is -2.20. The molecular weight excluding hydrogens is 319 g/mol. The van der Waals surface area contributed by atoms with Crippen LogP contribution < -0.4 is 0 Å². The summed E-state index contributed by atoms with van der Waals surface area (Å²) in [6.07, 6.45) is 0.916. The first kappa shape index (κ1) is 15.2. The van der Waals surface area contributed by atoms with Crippen molar-refractivity contribution in [3.05, 3.63) is 69.9 Å². The zero-order valence-electron chi connectivity index (χ0n) is 11.4. The van der Waals surface area contributed by atoms with Crippen molar-refractivity contribution >= 4 is 15.9 Å². The molecule has 2 atom stereocenters. The van der Waals surface area contributed by atoms with Gasteiger partial charge >= 0.3 is 0 Å². The standard InChI is InChI=1S/C17H18BrFO/c1-2-14(13-6-4-3-5-7-13)17(20)11-12-8-9-16(19)15(18)10-12/h3-10,14,17,20H,2,11H2,1H3. The van der Waals surface area contributed by atoms with E-state index in [-0.39, 0.29) is 11.7 Å². The predicted octanol–water partition coefficient (Wildman–Crippen LogP) is 4.69. The van der Waals surface area contributed by atoms with Crippen molar-refractivity contribution in [1.29, 1.82) is 0 Å². The van der Waals surface area contributed by atoms with Crippen molar-refractivity contribution in [2.45, 2.75) is 31.8 Å². The molecule has 0 amide bonds. The summed E-state index contributed by atoms with van der Waals surface area (Å²) in [7, 11) is 0. The summed E-state index contributed by atoms with van der Waals surface area (Å²) < 4.78 is 13.7. The summed E-state index contributed by atoms with van der Waals surface area (Å²) in [4.78, 5) is 0. The van der Waals surface area contributed by atoms with E-state index in [0.717, 1.165) is 17.5 Å². The van der Waals surface area contributed by atoms with E-state index < -0.39 is 6.10 Å². The molecule has 0 radical (unpaired) electrons. The maximum Gasteiger partial charge on any atom is 0.137 e. The van der Waals surface area contributed by atoms with Gasteiger partial charge < -0.3 is 5.11 Å². The molecule has 2 unspecified atom stereocenters. The molecule has 0 fully saturated rings. The number of benzene rings is 2. The highest BCUT2D eigenvalue weighted by Crippen LogP contribution is 2.26. The fourth-order valence-corrected chi connectivity index (χ4v) is 2.91. The quantitative estimate of drug-likeness (QED) is 0.840. The third-order valence-corrected chi connectivity index (χ3v) is 4.17.